The smallest absolute Gasteiger partial charge is 0.335 e. The summed E-state index contributed by atoms with van der Waals surface area (Å²) in [6.07, 6.45) is 1.49. The molecule has 2 N–H and O–H groups in total. The van der Waals surface area contributed by atoms with Crippen LogP contribution in [0, 0.1) is 0 Å². The molecule has 0 atom stereocenters. The van der Waals surface area contributed by atoms with Crippen LogP contribution in [0.15, 0.2) is 107 Å². The van der Waals surface area contributed by atoms with Gasteiger partial charge in [-0.05, 0) is 63.5 Å². The molecule has 1 amide bonds. The highest BCUT2D eigenvalue weighted by atomic mass is 79.9. The van der Waals surface area contributed by atoms with E-state index in [1.807, 2.05) is 54.6 Å². The standard InChI is InChI=1S/C31H21BrClN3O4/c32-25-14-20(15-26(33)29(25)40-18-19-10-12-22(13-11-19)31(38)39)17-34-36-30(37)24-16-28(21-6-2-1-3-7-21)35-27-9-5-4-8-23(24)27/h1-17H,18H2,(H,36,37)(H,38,39)/b34-17+. The molecule has 0 aliphatic rings. The van der Waals surface area contributed by atoms with Gasteiger partial charge in [-0.3, -0.25) is 4.79 Å². The number of carbonyl (C=O) groups excluding carboxylic acids is 1. The third-order valence-electron chi connectivity index (χ3n) is 6.01. The van der Waals surface area contributed by atoms with Gasteiger partial charge >= 0.3 is 5.97 Å². The van der Waals surface area contributed by atoms with E-state index in [2.05, 4.69) is 26.5 Å². The molecule has 1 heterocycles. The Balaban J connectivity index is 1.30. The van der Waals surface area contributed by atoms with E-state index in [0.29, 0.717) is 37.6 Å². The predicted molar refractivity (Wildman–Crippen MR) is 159 cm³/mol. The number of aromatic nitrogens is 1. The molecule has 198 valence electrons. The first kappa shape index (κ1) is 27.1. The van der Waals surface area contributed by atoms with Crippen LogP contribution in [-0.4, -0.2) is 28.2 Å². The van der Waals surface area contributed by atoms with Gasteiger partial charge in [0.2, 0.25) is 0 Å². The Kier molecular flexibility index (Phi) is 8.19. The number of carboxylic acid groups (broad SMARTS) is 1. The fraction of sp³-hybridized carbons (Fsp3) is 0.0323. The summed E-state index contributed by atoms with van der Waals surface area (Å²) in [7, 11) is 0. The number of hydrogen-bond acceptors (Lipinski definition) is 5. The first-order valence-electron chi connectivity index (χ1n) is 12.1. The van der Waals surface area contributed by atoms with E-state index in [9.17, 15) is 9.59 Å². The normalized spacial score (nSPS) is 11.1. The van der Waals surface area contributed by atoms with Gasteiger partial charge in [0.05, 0.1) is 38.0 Å². The zero-order valence-electron chi connectivity index (χ0n) is 20.8. The average Bonchev–Trinajstić information content (AvgIpc) is 2.96. The Morgan fingerprint density at radius 1 is 0.975 bits per heavy atom. The van der Waals surface area contributed by atoms with E-state index in [4.69, 9.17) is 26.4 Å². The summed E-state index contributed by atoms with van der Waals surface area (Å²) in [6.45, 7) is 0.201. The Bertz CT molecular complexity index is 1720. The number of ether oxygens (including phenoxy) is 1. The van der Waals surface area contributed by atoms with E-state index in [-0.39, 0.29) is 18.1 Å². The number of nitrogens with one attached hydrogen (secondary N) is 1. The van der Waals surface area contributed by atoms with Gasteiger partial charge in [0.25, 0.3) is 5.91 Å². The molecule has 0 unspecified atom stereocenters. The van der Waals surface area contributed by atoms with Crippen molar-refractivity contribution in [2.24, 2.45) is 5.10 Å². The number of nitrogens with zero attached hydrogens (tertiary/aromatic N) is 2. The summed E-state index contributed by atoms with van der Waals surface area (Å²) in [5.41, 5.74) is 7.00. The van der Waals surface area contributed by atoms with Crippen LogP contribution in [0.4, 0.5) is 0 Å². The van der Waals surface area contributed by atoms with Crippen molar-refractivity contribution >= 4 is 56.5 Å². The topological polar surface area (TPSA) is 101 Å². The number of benzene rings is 4. The highest BCUT2D eigenvalue weighted by Crippen LogP contribution is 2.35. The number of fused-ring (bicyclic) bond motifs is 1. The van der Waals surface area contributed by atoms with Gasteiger partial charge in [0.15, 0.2) is 5.75 Å². The second-order valence-electron chi connectivity index (χ2n) is 8.74. The van der Waals surface area contributed by atoms with Crippen molar-refractivity contribution in [2.75, 3.05) is 0 Å². The maximum atomic E-state index is 13.2. The minimum Gasteiger partial charge on any atom is -0.486 e. The van der Waals surface area contributed by atoms with Gasteiger partial charge in [-0.2, -0.15) is 5.10 Å². The molecule has 0 aliphatic heterocycles. The lowest BCUT2D eigenvalue weighted by Gasteiger charge is -2.11. The lowest BCUT2D eigenvalue weighted by atomic mass is 10.0. The van der Waals surface area contributed by atoms with Crippen LogP contribution in [0.5, 0.6) is 5.75 Å². The monoisotopic (exact) mass is 613 g/mol. The average molecular weight is 615 g/mol. The summed E-state index contributed by atoms with van der Waals surface area (Å²) in [6, 6.07) is 28.7. The van der Waals surface area contributed by atoms with Crippen LogP contribution in [0.25, 0.3) is 22.2 Å². The molecule has 0 radical (unpaired) electrons. The zero-order chi connectivity index (χ0) is 28.1. The van der Waals surface area contributed by atoms with E-state index in [0.717, 1.165) is 16.5 Å². The van der Waals surface area contributed by atoms with Gasteiger partial charge in [0, 0.05) is 10.9 Å². The van der Waals surface area contributed by atoms with Crippen molar-refractivity contribution < 1.29 is 19.4 Å². The summed E-state index contributed by atoms with van der Waals surface area (Å²) in [5.74, 6) is -0.925. The number of carboxylic acids is 1. The van der Waals surface area contributed by atoms with E-state index >= 15 is 0 Å². The maximum absolute atomic E-state index is 13.2. The van der Waals surface area contributed by atoms with E-state index < -0.39 is 5.97 Å². The van der Waals surface area contributed by atoms with Gasteiger partial charge in [0.1, 0.15) is 6.61 Å². The minimum atomic E-state index is -0.988. The Labute approximate surface area is 243 Å². The third kappa shape index (κ3) is 6.20. The van der Waals surface area contributed by atoms with Crippen molar-refractivity contribution in [2.45, 2.75) is 6.61 Å². The molecule has 0 saturated heterocycles. The van der Waals surface area contributed by atoms with E-state index in [1.54, 1.807) is 30.3 Å². The van der Waals surface area contributed by atoms with Crippen LogP contribution >= 0.6 is 27.5 Å². The van der Waals surface area contributed by atoms with Crippen molar-refractivity contribution in [1.82, 2.24) is 10.4 Å². The first-order valence-corrected chi connectivity index (χ1v) is 13.3. The number of hydrogen-bond donors (Lipinski definition) is 2. The molecule has 5 rings (SSSR count). The van der Waals surface area contributed by atoms with Gasteiger partial charge < -0.3 is 9.84 Å². The second-order valence-corrected chi connectivity index (χ2v) is 10.0. The highest BCUT2D eigenvalue weighted by Gasteiger charge is 2.14. The van der Waals surface area contributed by atoms with Crippen LogP contribution in [0.2, 0.25) is 5.02 Å². The molecule has 1 aromatic heterocycles. The number of rotatable bonds is 8. The maximum Gasteiger partial charge on any atom is 0.335 e. The number of pyridine rings is 1. The number of carbonyl (C=O) groups is 2. The summed E-state index contributed by atoms with van der Waals surface area (Å²) in [4.78, 5) is 28.9. The molecule has 5 aromatic rings. The molecular weight excluding hydrogens is 594 g/mol. The highest BCUT2D eigenvalue weighted by molar-refractivity contribution is 9.10. The predicted octanol–water partition coefficient (Wildman–Crippen LogP) is 7.36. The fourth-order valence-corrected chi connectivity index (χ4v) is 5.03. The summed E-state index contributed by atoms with van der Waals surface area (Å²) in [5, 5.41) is 14.2. The largest absolute Gasteiger partial charge is 0.486 e. The minimum absolute atomic E-state index is 0.201. The molecule has 40 heavy (non-hydrogen) atoms. The molecule has 0 aliphatic carbocycles. The summed E-state index contributed by atoms with van der Waals surface area (Å²) < 4.78 is 6.45. The van der Waals surface area contributed by atoms with Crippen LogP contribution < -0.4 is 10.2 Å². The van der Waals surface area contributed by atoms with Crippen molar-refractivity contribution in [1.29, 1.82) is 0 Å². The van der Waals surface area contributed by atoms with Crippen LogP contribution in [0.1, 0.15) is 31.8 Å². The molecule has 4 aromatic carbocycles. The summed E-state index contributed by atoms with van der Waals surface area (Å²) >= 11 is 9.93. The number of amides is 1. The fourth-order valence-electron chi connectivity index (χ4n) is 4.04. The second kappa shape index (κ2) is 12.1. The third-order valence-corrected chi connectivity index (χ3v) is 6.88. The number of aromatic carboxylic acids is 1. The van der Waals surface area contributed by atoms with Crippen LogP contribution in [0.3, 0.4) is 0 Å². The molecular formula is C31H21BrClN3O4. The Hall–Kier alpha value is -4.53. The van der Waals surface area contributed by atoms with E-state index in [1.165, 1.54) is 18.3 Å². The lowest BCUT2D eigenvalue weighted by molar-refractivity contribution is 0.0696. The quantitative estimate of drug-likeness (QED) is 0.141. The van der Waals surface area contributed by atoms with Crippen LogP contribution in [-0.2, 0) is 6.61 Å². The van der Waals surface area contributed by atoms with Crippen molar-refractivity contribution in [3.05, 3.63) is 129 Å². The molecule has 0 bridgehead atoms. The number of para-hydroxylation sites is 1. The number of halogens is 2. The first-order chi connectivity index (χ1) is 19.4. The zero-order valence-corrected chi connectivity index (χ0v) is 23.2. The Morgan fingerprint density at radius 3 is 2.42 bits per heavy atom. The van der Waals surface area contributed by atoms with Gasteiger partial charge in [-0.25, -0.2) is 15.2 Å². The van der Waals surface area contributed by atoms with Gasteiger partial charge in [-0.1, -0.05) is 72.3 Å². The molecule has 0 fully saturated rings. The van der Waals surface area contributed by atoms with Crippen molar-refractivity contribution in [3.8, 4) is 17.0 Å². The molecule has 0 spiro atoms. The number of hydrazone groups is 1. The molecule has 9 heteroatoms. The Morgan fingerprint density at radius 2 is 1.70 bits per heavy atom. The van der Waals surface area contributed by atoms with Gasteiger partial charge in [-0.15, -0.1) is 0 Å². The molecule has 0 saturated carbocycles. The SMILES string of the molecule is O=C(O)c1ccc(COc2c(Cl)cc(/C=N/NC(=O)c3cc(-c4ccccc4)nc4ccccc34)cc2Br)cc1. The lowest BCUT2D eigenvalue weighted by Crippen LogP contribution is -2.18. The molecule has 7 nitrogen and oxygen atoms in total. The van der Waals surface area contributed by atoms with Crippen molar-refractivity contribution in [3.63, 3.8) is 0 Å².